The molecule has 4 nitrogen and oxygen atoms in total. The highest BCUT2D eigenvalue weighted by Crippen LogP contribution is 2.31. The van der Waals surface area contributed by atoms with Gasteiger partial charge in [-0.1, -0.05) is 46.8 Å². The van der Waals surface area contributed by atoms with Gasteiger partial charge in [0.1, 0.15) is 11.5 Å². The maximum Gasteiger partial charge on any atom is 0.262 e. The lowest BCUT2D eigenvalue weighted by Crippen LogP contribution is -2.21. The molecule has 0 saturated carbocycles. The van der Waals surface area contributed by atoms with E-state index in [0.717, 1.165) is 5.56 Å². The molecule has 2 aromatic carbocycles. The number of hydrogen-bond donors (Lipinski definition) is 1. The number of methoxy groups -OCH3 is 1. The second-order valence-electron chi connectivity index (χ2n) is 8.18. The second kappa shape index (κ2) is 8.47. The van der Waals surface area contributed by atoms with Crippen molar-refractivity contribution in [2.75, 3.05) is 19.0 Å². The minimum Gasteiger partial charge on any atom is -0.495 e. The first-order valence-electron chi connectivity index (χ1n) is 9.33. The lowest BCUT2D eigenvalue weighted by Gasteiger charge is -2.21. The molecule has 0 aliphatic heterocycles. The Morgan fingerprint density at radius 1 is 1.11 bits per heavy atom. The Morgan fingerprint density at radius 3 is 2.37 bits per heavy atom. The predicted octanol–water partition coefficient (Wildman–Crippen LogP) is 5.44. The van der Waals surface area contributed by atoms with Crippen molar-refractivity contribution in [1.82, 2.24) is 0 Å². The van der Waals surface area contributed by atoms with E-state index in [0.29, 0.717) is 23.1 Å². The summed E-state index contributed by atoms with van der Waals surface area (Å²) in [5, 5.41) is 2.90. The Hall–Kier alpha value is -2.49. The van der Waals surface area contributed by atoms with Gasteiger partial charge >= 0.3 is 0 Å². The quantitative estimate of drug-likeness (QED) is 0.737. The molecule has 0 fully saturated rings. The molecule has 0 unspecified atom stereocenters. The highest BCUT2D eigenvalue weighted by molar-refractivity contribution is 5.93. The van der Waals surface area contributed by atoms with Gasteiger partial charge < -0.3 is 14.8 Å². The monoisotopic (exact) mass is 369 g/mol. The van der Waals surface area contributed by atoms with Gasteiger partial charge in [0, 0.05) is 0 Å². The third-order valence-corrected chi connectivity index (χ3v) is 4.57. The molecule has 0 aliphatic rings. The van der Waals surface area contributed by atoms with Crippen LogP contribution in [0.5, 0.6) is 11.5 Å². The number of ether oxygens (including phenoxy) is 2. The zero-order valence-corrected chi connectivity index (χ0v) is 17.5. The van der Waals surface area contributed by atoms with E-state index in [9.17, 15) is 4.79 Å². The van der Waals surface area contributed by atoms with Crippen molar-refractivity contribution < 1.29 is 14.3 Å². The molecule has 2 aromatic rings. The average Bonchev–Trinajstić information content (AvgIpc) is 2.59. The molecular weight excluding hydrogens is 338 g/mol. The van der Waals surface area contributed by atoms with Gasteiger partial charge in [-0.3, -0.25) is 4.79 Å². The SMILES string of the molecule is COc1ccc(C(C)(C)C)cc1NC(=O)COc1ccc(C(C)C)c(C)c1. The molecule has 0 aliphatic carbocycles. The van der Waals surface area contributed by atoms with Crippen molar-refractivity contribution in [1.29, 1.82) is 0 Å². The maximum atomic E-state index is 12.4. The Kier molecular flexibility index (Phi) is 6.53. The van der Waals surface area contributed by atoms with Crippen molar-refractivity contribution in [3.8, 4) is 11.5 Å². The molecule has 2 rings (SSSR count). The molecule has 0 saturated heterocycles. The Labute approximate surface area is 162 Å². The van der Waals surface area contributed by atoms with Crippen LogP contribution < -0.4 is 14.8 Å². The summed E-state index contributed by atoms with van der Waals surface area (Å²) in [6.07, 6.45) is 0. The van der Waals surface area contributed by atoms with Crippen LogP contribution >= 0.6 is 0 Å². The van der Waals surface area contributed by atoms with E-state index in [1.165, 1.54) is 11.1 Å². The van der Waals surface area contributed by atoms with Gasteiger partial charge in [-0.05, 0) is 59.2 Å². The maximum absolute atomic E-state index is 12.4. The normalized spacial score (nSPS) is 11.4. The number of carbonyl (C=O) groups is 1. The average molecular weight is 370 g/mol. The van der Waals surface area contributed by atoms with Crippen molar-refractivity contribution in [3.63, 3.8) is 0 Å². The van der Waals surface area contributed by atoms with Crippen molar-refractivity contribution in [2.45, 2.75) is 52.9 Å². The molecule has 0 bridgehead atoms. The molecule has 1 N–H and O–H groups in total. The van der Waals surface area contributed by atoms with E-state index in [-0.39, 0.29) is 17.9 Å². The standard InChI is InChI=1S/C23H31NO3/c1-15(2)19-10-9-18(12-16(19)3)27-14-22(25)24-20-13-17(23(4,5)6)8-11-21(20)26-7/h8-13,15H,14H2,1-7H3,(H,24,25). The predicted molar refractivity (Wildman–Crippen MR) is 111 cm³/mol. The van der Waals surface area contributed by atoms with Crippen LogP contribution in [0.25, 0.3) is 0 Å². The number of carbonyl (C=O) groups excluding carboxylic acids is 1. The van der Waals surface area contributed by atoms with Crippen LogP contribution in [-0.4, -0.2) is 19.6 Å². The van der Waals surface area contributed by atoms with Crippen LogP contribution in [0.2, 0.25) is 0 Å². The molecule has 1 amide bonds. The van der Waals surface area contributed by atoms with Gasteiger partial charge in [-0.15, -0.1) is 0 Å². The summed E-state index contributed by atoms with van der Waals surface area (Å²) >= 11 is 0. The number of hydrogen-bond acceptors (Lipinski definition) is 3. The van der Waals surface area contributed by atoms with Crippen molar-refractivity contribution in [3.05, 3.63) is 53.1 Å². The fourth-order valence-corrected chi connectivity index (χ4v) is 2.99. The van der Waals surface area contributed by atoms with Crippen LogP contribution in [0.1, 0.15) is 57.2 Å². The highest BCUT2D eigenvalue weighted by Gasteiger charge is 2.17. The van der Waals surface area contributed by atoms with Crippen LogP contribution in [0.4, 0.5) is 5.69 Å². The molecular formula is C23H31NO3. The van der Waals surface area contributed by atoms with E-state index < -0.39 is 0 Å². The summed E-state index contributed by atoms with van der Waals surface area (Å²) in [5.74, 6) is 1.57. The fourth-order valence-electron chi connectivity index (χ4n) is 2.99. The third-order valence-electron chi connectivity index (χ3n) is 4.57. The van der Waals surface area contributed by atoms with E-state index in [2.05, 4.69) is 52.9 Å². The molecule has 0 atom stereocenters. The summed E-state index contributed by atoms with van der Waals surface area (Å²) in [7, 11) is 1.59. The van der Waals surface area contributed by atoms with Gasteiger partial charge in [0.25, 0.3) is 5.91 Å². The Balaban J connectivity index is 2.06. The van der Waals surface area contributed by atoms with E-state index in [1.807, 2.05) is 30.3 Å². The first-order valence-corrected chi connectivity index (χ1v) is 9.33. The molecule has 0 radical (unpaired) electrons. The number of rotatable bonds is 6. The smallest absolute Gasteiger partial charge is 0.262 e. The van der Waals surface area contributed by atoms with Crippen molar-refractivity contribution in [2.24, 2.45) is 0 Å². The summed E-state index contributed by atoms with van der Waals surface area (Å²) in [4.78, 5) is 12.4. The van der Waals surface area contributed by atoms with E-state index >= 15 is 0 Å². The zero-order chi connectivity index (χ0) is 20.2. The second-order valence-corrected chi connectivity index (χ2v) is 8.18. The van der Waals surface area contributed by atoms with Crippen molar-refractivity contribution >= 4 is 11.6 Å². The number of nitrogens with one attached hydrogen (secondary N) is 1. The number of amides is 1. The first-order chi connectivity index (χ1) is 12.6. The summed E-state index contributed by atoms with van der Waals surface area (Å²) < 4.78 is 11.0. The zero-order valence-electron chi connectivity index (χ0n) is 17.5. The molecule has 27 heavy (non-hydrogen) atoms. The minimum absolute atomic E-state index is 0.0159. The highest BCUT2D eigenvalue weighted by atomic mass is 16.5. The van der Waals surface area contributed by atoms with Gasteiger partial charge in [0.2, 0.25) is 0 Å². The topological polar surface area (TPSA) is 47.6 Å². The van der Waals surface area contributed by atoms with Crippen LogP contribution in [0.15, 0.2) is 36.4 Å². The van der Waals surface area contributed by atoms with E-state index in [1.54, 1.807) is 7.11 Å². The minimum atomic E-state index is -0.218. The molecule has 146 valence electrons. The Morgan fingerprint density at radius 2 is 1.81 bits per heavy atom. The van der Waals surface area contributed by atoms with E-state index in [4.69, 9.17) is 9.47 Å². The molecule has 4 heteroatoms. The Bertz CT molecular complexity index is 804. The van der Waals surface area contributed by atoms with Gasteiger partial charge in [0.15, 0.2) is 6.61 Å². The molecule has 0 heterocycles. The van der Waals surface area contributed by atoms with Crippen LogP contribution in [0, 0.1) is 6.92 Å². The molecule has 0 aromatic heterocycles. The molecule has 0 spiro atoms. The van der Waals surface area contributed by atoms with Gasteiger partial charge in [-0.2, -0.15) is 0 Å². The van der Waals surface area contributed by atoms with Gasteiger partial charge in [-0.25, -0.2) is 0 Å². The summed E-state index contributed by atoms with van der Waals surface area (Å²) in [5.41, 5.74) is 4.22. The lowest BCUT2D eigenvalue weighted by molar-refractivity contribution is -0.118. The summed E-state index contributed by atoms with van der Waals surface area (Å²) in [6.45, 7) is 12.7. The largest absolute Gasteiger partial charge is 0.495 e. The van der Waals surface area contributed by atoms with Crippen LogP contribution in [-0.2, 0) is 10.2 Å². The lowest BCUT2D eigenvalue weighted by atomic mass is 9.87. The fraction of sp³-hybridized carbons (Fsp3) is 0.435. The third kappa shape index (κ3) is 5.49. The number of anilines is 1. The van der Waals surface area contributed by atoms with Gasteiger partial charge in [0.05, 0.1) is 12.8 Å². The number of benzene rings is 2. The van der Waals surface area contributed by atoms with Crippen LogP contribution in [0.3, 0.4) is 0 Å². The summed E-state index contributed by atoms with van der Waals surface area (Å²) in [6, 6.07) is 11.8. The first kappa shape index (κ1) is 20.8. The number of aryl methyl sites for hydroxylation is 1.